The fraction of sp³-hybridized carbons (Fsp3) is 0.467. The van der Waals surface area contributed by atoms with Crippen LogP contribution >= 0.6 is 0 Å². The van der Waals surface area contributed by atoms with Gasteiger partial charge in [0.1, 0.15) is 19.8 Å². The molecule has 0 aromatic heterocycles. The molecule has 0 radical (unpaired) electrons. The van der Waals surface area contributed by atoms with Crippen molar-refractivity contribution in [1.82, 2.24) is 5.32 Å². The Morgan fingerprint density at radius 2 is 1.95 bits per heavy atom. The van der Waals surface area contributed by atoms with E-state index in [4.69, 9.17) is 14.2 Å². The van der Waals surface area contributed by atoms with Crippen molar-refractivity contribution in [3.63, 3.8) is 0 Å². The summed E-state index contributed by atoms with van der Waals surface area (Å²) in [5.74, 6) is -0.486. The van der Waals surface area contributed by atoms with Gasteiger partial charge in [0.25, 0.3) is 0 Å². The predicted molar refractivity (Wildman–Crippen MR) is 74.5 cm³/mol. The number of carbonyl (C=O) groups excluding carboxylic acids is 2. The average molecular weight is 293 g/mol. The highest BCUT2D eigenvalue weighted by molar-refractivity contribution is 5.77. The van der Waals surface area contributed by atoms with Gasteiger partial charge in [0, 0.05) is 5.41 Å². The van der Waals surface area contributed by atoms with Crippen LogP contribution in [0.5, 0.6) is 0 Å². The highest BCUT2D eigenvalue weighted by atomic mass is 16.6. The fourth-order valence-corrected chi connectivity index (χ4v) is 1.76. The van der Waals surface area contributed by atoms with Crippen LogP contribution in [-0.4, -0.2) is 38.4 Å². The molecule has 1 aliphatic rings. The Morgan fingerprint density at radius 3 is 2.57 bits per heavy atom. The number of nitrogens with one attached hydrogen (secondary N) is 1. The van der Waals surface area contributed by atoms with Crippen molar-refractivity contribution < 1.29 is 23.8 Å². The molecule has 0 saturated carbocycles. The van der Waals surface area contributed by atoms with Crippen molar-refractivity contribution >= 4 is 12.1 Å². The number of esters is 1. The van der Waals surface area contributed by atoms with Gasteiger partial charge < -0.3 is 19.5 Å². The maximum Gasteiger partial charge on any atom is 0.407 e. The first kappa shape index (κ1) is 15.3. The average Bonchev–Trinajstić information content (AvgIpc) is 2.48. The zero-order valence-corrected chi connectivity index (χ0v) is 12.0. The molecule has 0 spiro atoms. The number of hydrogen-bond donors (Lipinski definition) is 1. The highest BCUT2D eigenvalue weighted by Crippen LogP contribution is 2.26. The number of rotatable bonds is 6. The van der Waals surface area contributed by atoms with Crippen molar-refractivity contribution in [2.24, 2.45) is 5.41 Å². The summed E-state index contributed by atoms with van der Waals surface area (Å²) in [6, 6.07) is 9.30. The Balaban J connectivity index is 1.59. The van der Waals surface area contributed by atoms with Gasteiger partial charge in [-0.2, -0.15) is 0 Å². The molecule has 21 heavy (non-hydrogen) atoms. The summed E-state index contributed by atoms with van der Waals surface area (Å²) in [5, 5.41) is 2.36. The van der Waals surface area contributed by atoms with Crippen molar-refractivity contribution in [1.29, 1.82) is 0 Å². The van der Waals surface area contributed by atoms with E-state index in [1.54, 1.807) is 0 Å². The number of amides is 1. The van der Waals surface area contributed by atoms with Gasteiger partial charge in [-0.25, -0.2) is 4.79 Å². The summed E-state index contributed by atoms with van der Waals surface area (Å²) >= 11 is 0. The quantitative estimate of drug-likeness (QED) is 0.804. The Kier molecular flexibility index (Phi) is 5.16. The van der Waals surface area contributed by atoms with E-state index in [-0.39, 0.29) is 18.6 Å². The summed E-state index contributed by atoms with van der Waals surface area (Å²) in [5.41, 5.74) is 0.789. The van der Waals surface area contributed by atoms with Crippen LogP contribution in [0, 0.1) is 5.41 Å². The molecule has 6 nitrogen and oxygen atoms in total. The first-order valence-corrected chi connectivity index (χ1v) is 6.75. The largest absolute Gasteiger partial charge is 0.464 e. The summed E-state index contributed by atoms with van der Waals surface area (Å²) in [7, 11) is 0. The van der Waals surface area contributed by atoms with E-state index in [0.29, 0.717) is 19.8 Å². The molecule has 1 N–H and O–H groups in total. The monoisotopic (exact) mass is 293 g/mol. The summed E-state index contributed by atoms with van der Waals surface area (Å²) < 4.78 is 15.1. The number of ether oxygens (including phenoxy) is 3. The topological polar surface area (TPSA) is 73.9 Å². The molecule has 114 valence electrons. The summed E-state index contributed by atoms with van der Waals surface area (Å²) in [6.07, 6.45) is -0.644. The highest BCUT2D eigenvalue weighted by Gasteiger charge is 2.34. The smallest absolute Gasteiger partial charge is 0.407 e. The Hall–Kier alpha value is -2.08. The molecule has 0 atom stereocenters. The predicted octanol–water partition coefficient (Wildman–Crippen LogP) is 1.49. The molecule has 0 bridgehead atoms. The van der Waals surface area contributed by atoms with Gasteiger partial charge in [-0.15, -0.1) is 0 Å². The van der Waals surface area contributed by atoms with E-state index in [1.807, 2.05) is 37.3 Å². The van der Waals surface area contributed by atoms with Crippen LogP contribution in [-0.2, 0) is 25.6 Å². The molecule has 0 aliphatic carbocycles. The van der Waals surface area contributed by atoms with E-state index >= 15 is 0 Å². The molecule has 0 unspecified atom stereocenters. The lowest BCUT2D eigenvalue weighted by Gasteiger charge is -2.37. The first-order valence-electron chi connectivity index (χ1n) is 6.75. The Bertz CT molecular complexity index is 484. The molecule has 1 fully saturated rings. The van der Waals surface area contributed by atoms with E-state index in [1.165, 1.54) is 0 Å². The lowest BCUT2D eigenvalue weighted by atomic mass is 9.90. The molecular weight excluding hydrogens is 274 g/mol. The third kappa shape index (κ3) is 5.07. The summed E-state index contributed by atoms with van der Waals surface area (Å²) in [6.45, 7) is 3.42. The second kappa shape index (κ2) is 7.08. The van der Waals surface area contributed by atoms with Gasteiger partial charge in [-0.05, 0) is 5.56 Å². The molecule has 1 heterocycles. The van der Waals surface area contributed by atoms with Crippen molar-refractivity contribution in [2.45, 2.75) is 13.5 Å². The maximum absolute atomic E-state index is 11.5. The van der Waals surface area contributed by atoms with E-state index in [2.05, 4.69) is 5.32 Å². The van der Waals surface area contributed by atoms with Crippen LogP contribution < -0.4 is 5.32 Å². The van der Waals surface area contributed by atoms with E-state index in [0.717, 1.165) is 5.56 Å². The second-order valence-electron chi connectivity index (χ2n) is 5.38. The van der Waals surface area contributed by atoms with E-state index < -0.39 is 12.1 Å². The second-order valence-corrected chi connectivity index (χ2v) is 5.38. The molecule has 2 rings (SSSR count). The number of hydrogen-bond acceptors (Lipinski definition) is 5. The molecule has 1 aromatic carbocycles. The molecule has 1 aromatic rings. The Morgan fingerprint density at radius 1 is 1.24 bits per heavy atom. The lowest BCUT2D eigenvalue weighted by molar-refractivity contribution is -0.164. The zero-order chi connectivity index (χ0) is 15.1. The molecular formula is C15H19NO5. The van der Waals surface area contributed by atoms with Crippen LogP contribution in [0.1, 0.15) is 12.5 Å². The minimum atomic E-state index is -0.644. The maximum atomic E-state index is 11.5. The van der Waals surface area contributed by atoms with Crippen molar-refractivity contribution in [2.75, 3.05) is 26.4 Å². The minimum absolute atomic E-state index is 0.0938. The van der Waals surface area contributed by atoms with Crippen LogP contribution in [0.2, 0.25) is 0 Å². The number of benzene rings is 1. The van der Waals surface area contributed by atoms with Gasteiger partial charge in [0.05, 0.1) is 13.2 Å². The SMILES string of the molecule is CC1(COC(=O)CNC(=O)OCc2ccccc2)COC1. The van der Waals surface area contributed by atoms with Crippen LogP contribution in [0.4, 0.5) is 4.79 Å². The molecule has 1 saturated heterocycles. The number of carbonyl (C=O) groups is 2. The molecule has 1 aliphatic heterocycles. The van der Waals surface area contributed by atoms with E-state index in [9.17, 15) is 9.59 Å². The van der Waals surface area contributed by atoms with Gasteiger partial charge in [-0.1, -0.05) is 37.3 Å². The molecule has 6 heteroatoms. The third-order valence-corrected chi connectivity index (χ3v) is 3.07. The zero-order valence-electron chi connectivity index (χ0n) is 12.0. The lowest BCUT2D eigenvalue weighted by Crippen LogP contribution is -2.44. The molecule has 1 amide bonds. The normalized spacial score (nSPS) is 15.7. The number of alkyl carbamates (subject to hydrolysis) is 1. The van der Waals surface area contributed by atoms with Crippen LogP contribution in [0.15, 0.2) is 30.3 Å². The van der Waals surface area contributed by atoms with Gasteiger partial charge in [-0.3, -0.25) is 4.79 Å². The first-order chi connectivity index (χ1) is 10.1. The van der Waals surface area contributed by atoms with Gasteiger partial charge in [0.2, 0.25) is 0 Å². The standard InChI is InChI=1S/C15H19NO5/c1-15(9-19-10-15)11-21-13(17)7-16-14(18)20-8-12-5-3-2-4-6-12/h2-6H,7-11H2,1H3,(H,16,18). The van der Waals surface area contributed by atoms with Gasteiger partial charge in [0.15, 0.2) is 0 Å². The van der Waals surface area contributed by atoms with Crippen LogP contribution in [0.3, 0.4) is 0 Å². The minimum Gasteiger partial charge on any atom is -0.464 e. The third-order valence-electron chi connectivity index (χ3n) is 3.07. The summed E-state index contributed by atoms with van der Waals surface area (Å²) in [4.78, 5) is 22.9. The Labute approximate surface area is 123 Å². The fourth-order valence-electron chi connectivity index (χ4n) is 1.76. The van der Waals surface area contributed by atoms with Crippen molar-refractivity contribution in [3.05, 3.63) is 35.9 Å². The van der Waals surface area contributed by atoms with Crippen molar-refractivity contribution in [3.8, 4) is 0 Å². The van der Waals surface area contributed by atoms with Crippen LogP contribution in [0.25, 0.3) is 0 Å². The van der Waals surface area contributed by atoms with Gasteiger partial charge >= 0.3 is 12.1 Å².